The van der Waals surface area contributed by atoms with Crippen molar-refractivity contribution in [3.05, 3.63) is 29.6 Å². The van der Waals surface area contributed by atoms with E-state index < -0.39 is 23.5 Å². The Bertz CT molecular complexity index is 609. The molecule has 1 saturated heterocycles. The molecule has 0 spiro atoms. The van der Waals surface area contributed by atoms with Gasteiger partial charge >= 0.3 is 12.1 Å². The Hall–Kier alpha value is -2.11. The number of carbonyl (C=O) groups is 2. The van der Waals surface area contributed by atoms with Crippen LogP contribution in [0.3, 0.4) is 0 Å². The van der Waals surface area contributed by atoms with Crippen molar-refractivity contribution in [3.8, 4) is 5.75 Å². The average molecular weight is 323 g/mol. The molecule has 1 heterocycles. The van der Waals surface area contributed by atoms with Crippen molar-refractivity contribution in [3.63, 3.8) is 0 Å². The van der Waals surface area contributed by atoms with E-state index in [-0.39, 0.29) is 11.8 Å². The summed E-state index contributed by atoms with van der Waals surface area (Å²) in [5.41, 5.74) is -0.117. The van der Waals surface area contributed by atoms with Crippen LogP contribution in [0.1, 0.15) is 52.1 Å². The van der Waals surface area contributed by atoms with Crippen molar-refractivity contribution in [2.45, 2.75) is 52.2 Å². The van der Waals surface area contributed by atoms with Crippen molar-refractivity contribution in [2.24, 2.45) is 0 Å². The summed E-state index contributed by atoms with van der Waals surface area (Å²) in [4.78, 5) is 25.2. The van der Waals surface area contributed by atoms with Crippen LogP contribution < -0.4 is 4.74 Å². The van der Waals surface area contributed by atoms with E-state index in [1.807, 2.05) is 0 Å². The summed E-state index contributed by atoms with van der Waals surface area (Å²) in [6.45, 7) is 7.19. The third kappa shape index (κ3) is 4.43. The molecule has 0 saturated carbocycles. The molecule has 1 aromatic carbocycles. The predicted molar refractivity (Wildman–Crippen MR) is 82.6 cm³/mol. The van der Waals surface area contributed by atoms with Crippen molar-refractivity contribution in [1.82, 2.24) is 4.90 Å². The second-order valence-electron chi connectivity index (χ2n) is 6.61. The lowest BCUT2D eigenvalue weighted by Gasteiger charge is -2.29. The van der Waals surface area contributed by atoms with Crippen LogP contribution in [0.4, 0.5) is 9.18 Å². The smallest absolute Gasteiger partial charge is 0.410 e. The minimum Gasteiger partial charge on any atom is -0.444 e. The van der Waals surface area contributed by atoms with Gasteiger partial charge in [-0.05, 0) is 51.8 Å². The Kier molecular flexibility index (Phi) is 4.92. The highest BCUT2D eigenvalue weighted by Gasteiger charge is 2.35. The Balaban J connectivity index is 2.30. The first-order chi connectivity index (χ1) is 10.7. The molecule has 23 heavy (non-hydrogen) atoms. The third-order valence-electron chi connectivity index (χ3n) is 3.47. The Labute approximate surface area is 135 Å². The molecule has 0 radical (unpaired) electrons. The highest BCUT2D eigenvalue weighted by Crippen LogP contribution is 2.38. The molecule has 1 fully saturated rings. The van der Waals surface area contributed by atoms with Gasteiger partial charge in [0.05, 0.1) is 6.04 Å². The minimum atomic E-state index is -0.606. The van der Waals surface area contributed by atoms with Gasteiger partial charge in [0.25, 0.3) is 0 Å². The van der Waals surface area contributed by atoms with E-state index in [9.17, 15) is 14.0 Å². The number of hydrogen-bond donors (Lipinski definition) is 0. The quantitative estimate of drug-likeness (QED) is 0.613. The molecule has 0 N–H and O–H groups in total. The maximum atomic E-state index is 13.7. The van der Waals surface area contributed by atoms with E-state index in [4.69, 9.17) is 9.47 Å². The highest BCUT2D eigenvalue weighted by atomic mass is 19.1. The number of rotatable bonds is 2. The zero-order valence-corrected chi connectivity index (χ0v) is 13.9. The lowest BCUT2D eigenvalue weighted by molar-refractivity contribution is -0.131. The van der Waals surface area contributed by atoms with E-state index in [1.165, 1.54) is 25.1 Å². The van der Waals surface area contributed by atoms with Crippen molar-refractivity contribution < 1.29 is 23.5 Å². The van der Waals surface area contributed by atoms with E-state index >= 15 is 0 Å². The van der Waals surface area contributed by atoms with Crippen molar-refractivity contribution in [2.75, 3.05) is 6.54 Å². The van der Waals surface area contributed by atoms with Crippen molar-refractivity contribution in [1.29, 1.82) is 0 Å². The van der Waals surface area contributed by atoms with Crippen LogP contribution in [0.25, 0.3) is 0 Å². The zero-order chi connectivity index (χ0) is 17.2. The standard InChI is InChI=1S/C17H22FNO4/c1-11(20)22-15-8-7-12(18)10-13(15)14-6-5-9-19(14)16(21)23-17(2,3)4/h7-8,10,14H,5-6,9H2,1-4H3. The summed E-state index contributed by atoms with van der Waals surface area (Å²) in [5.74, 6) is -0.647. The van der Waals surface area contributed by atoms with Crippen LogP contribution in [0.2, 0.25) is 0 Å². The fourth-order valence-corrected chi connectivity index (χ4v) is 2.66. The Morgan fingerprint density at radius 1 is 1.30 bits per heavy atom. The molecule has 6 heteroatoms. The maximum Gasteiger partial charge on any atom is 0.410 e. The number of ether oxygens (including phenoxy) is 2. The number of benzene rings is 1. The van der Waals surface area contributed by atoms with E-state index in [1.54, 1.807) is 25.7 Å². The maximum absolute atomic E-state index is 13.7. The molecule has 1 aliphatic rings. The van der Waals surface area contributed by atoms with Crippen LogP contribution in [0.5, 0.6) is 5.75 Å². The number of carbonyl (C=O) groups excluding carboxylic acids is 2. The van der Waals surface area contributed by atoms with Gasteiger partial charge in [0.1, 0.15) is 17.2 Å². The molecular formula is C17H22FNO4. The molecule has 0 bridgehead atoms. The van der Waals surface area contributed by atoms with Gasteiger partial charge in [-0.1, -0.05) is 0 Å². The fourth-order valence-electron chi connectivity index (χ4n) is 2.66. The predicted octanol–water partition coefficient (Wildman–Crippen LogP) is 3.82. The molecule has 2 rings (SSSR count). The number of amides is 1. The number of nitrogens with zero attached hydrogens (tertiary/aromatic N) is 1. The average Bonchev–Trinajstić information content (AvgIpc) is 2.87. The second kappa shape index (κ2) is 6.56. The number of halogens is 1. The van der Waals surface area contributed by atoms with Crippen LogP contribution in [0, 0.1) is 5.82 Å². The second-order valence-corrected chi connectivity index (χ2v) is 6.61. The normalized spacial score (nSPS) is 18.0. The van der Waals surface area contributed by atoms with Crippen LogP contribution in [0.15, 0.2) is 18.2 Å². The molecular weight excluding hydrogens is 301 g/mol. The summed E-state index contributed by atoms with van der Waals surface area (Å²) in [6.07, 6.45) is 0.995. The molecule has 1 atom stereocenters. The zero-order valence-electron chi connectivity index (χ0n) is 13.9. The summed E-state index contributed by atoms with van der Waals surface area (Å²) >= 11 is 0. The molecule has 0 aliphatic carbocycles. The first-order valence-electron chi connectivity index (χ1n) is 7.65. The van der Waals surface area contributed by atoms with Gasteiger partial charge in [0.2, 0.25) is 0 Å². The molecule has 1 unspecified atom stereocenters. The number of hydrogen-bond acceptors (Lipinski definition) is 4. The van der Waals surface area contributed by atoms with Gasteiger partial charge in [-0.25, -0.2) is 9.18 Å². The molecule has 5 nitrogen and oxygen atoms in total. The number of esters is 1. The van der Waals surface area contributed by atoms with E-state index in [2.05, 4.69) is 0 Å². The van der Waals surface area contributed by atoms with Crippen LogP contribution >= 0.6 is 0 Å². The lowest BCUT2D eigenvalue weighted by Crippen LogP contribution is -2.36. The fraction of sp³-hybridized carbons (Fsp3) is 0.529. The largest absolute Gasteiger partial charge is 0.444 e. The summed E-state index contributed by atoms with van der Waals surface area (Å²) in [5, 5.41) is 0. The van der Waals surface area contributed by atoms with Crippen molar-refractivity contribution >= 4 is 12.1 Å². The molecule has 1 aromatic rings. The van der Waals surface area contributed by atoms with Gasteiger partial charge in [-0.15, -0.1) is 0 Å². The van der Waals surface area contributed by atoms with E-state index in [0.717, 1.165) is 6.42 Å². The topological polar surface area (TPSA) is 55.8 Å². The molecule has 1 aliphatic heterocycles. The number of likely N-dealkylation sites (tertiary alicyclic amines) is 1. The van der Waals surface area contributed by atoms with E-state index in [0.29, 0.717) is 18.5 Å². The van der Waals surface area contributed by atoms with Gasteiger partial charge in [-0.2, -0.15) is 0 Å². The van der Waals surface area contributed by atoms with Gasteiger partial charge in [0, 0.05) is 19.0 Å². The Morgan fingerprint density at radius 3 is 2.61 bits per heavy atom. The third-order valence-corrected chi connectivity index (χ3v) is 3.47. The molecule has 126 valence electrons. The van der Waals surface area contributed by atoms with Gasteiger partial charge in [0.15, 0.2) is 0 Å². The highest BCUT2D eigenvalue weighted by molar-refractivity contribution is 5.71. The first kappa shape index (κ1) is 17.2. The first-order valence-corrected chi connectivity index (χ1v) is 7.65. The van der Waals surface area contributed by atoms with Crippen LogP contribution in [-0.4, -0.2) is 29.1 Å². The Morgan fingerprint density at radius 2 is 2.00 bits per heavy atom. The summed E-state index contributed by atoms with van der Waals surface area (Å²) < 4.78 is 24.2. The lowest BCUT2D eigenvalue weighted by atomic mass is 10.0. The molecule has 1 amide bonds. The monoisotopic (exact) mass is 323 g/mol. The summed E-state index contributed by atoms with van der Waals surface area (Å²) in [7, 11) is 0. The SMILES string of the molecule is CC(=O)Oc1ccc(F)cc1C1CCCN1C(=O)OC(C)(C)C. The molecule has 0 aromatic heterocycles. The van der Waals surface area contributed by atoms with Crippen LogP contribution in [-0.2, 0) is 9.53 Å². The van der Waals surface area contributed by atoms with Gasteiger partial charge in [-0.3, -0.25) is 4.79 Å². The summed E-state index contributed by atoms with van der Waals surface area (Å²) in [6, 6.07) is 3.59. The van der Waals surface area contributed by atoms with Gasteiger partial charge < -0.3 is 14.4 Å². The minimum absolute atomic E-state index is 0.277.